The summed E-state index contributed by atoms with van der Waals surface area (Å²) in [6.07, 6.45) is -2.88. The van der Waals surface area contributed by atoms with Gasteiger partial charge in [0.05, 0.1) is 7.11 Å². The van der Waals surface area contributed by atoms with Gasteiger partial charge in [-0.2, -0.15) is 14.0 Å². The summed E-state index contributed by atoms with van der Waals surface area (Å²) >= 11 is 0. The molecule has 0 heterocycles. The molecule has 0 aromatic heterocycles. The second-order valence-electron chi connectivity index (χ2n) is 4.08. The summed E-state index contributed by atoms with van der Waals surface area (Å²) in [5, 5.41) is 8.82. The first kappa shape index (κ1) is 17.5. The number of halogens is 4. The van der Waals surface area contributed by atoms with E-state index in [0.29, 0.717) is 11.3 Å². The minimum absolute atomic E-state index is 0.412. The minimum Gasteiger partial charge on any atom is -0.497 e. The van der Waals surface area contributed by atoms with Gasteiger partial charge in [0.1, 0.15) is 17.4 Å². The Labute approximate surface area is 123 Å². The molecule has 0 fully saturated rings. The quantitative estimate of drug-likeness (QED) is 0.350. The van der Waals surface area contributed by atoms with Crippen LogP contribution >= 0.6 is 0 Å². The first-order valence-electron chi connectivity index (χ1n) is 5.89. The largest absolute Gasteiger partial charge is 0.497 e. The standard InChI is InChI=1S/C14H11F4NO3/c1-21-11-4-2-9(3-5-11)6-10(7-19)12(20)22-8-14(17,18)13(15)16/h2-6,13H,8H2,1H3/b10-6+. The van der Waals surface area contributed by atoms with Gasteiger partial charge in [-0.05, 0) is 23.8 Å². The number of carbonyl (C=O) groups is 1. The molecule has 1 aromatic rings. The number of nitrogens with zero attached hydrogens (tertiary/aromatic N) is 1. The summed E-state index contributed by atoms with van der Waals surface area (Å²) in [6.45, 7) is -1.80. The molecular formula is C14H11F4NO3. The van der Waals surface area contributed by atoms with Crippen LogP contribution in [0.5, 0.6) is 5.75 Å². The zero-order valence-corrected chi connectivity index (χ0v) is 11.4. The molecule has 8 heteroatoms. The summed E-state index contributed by atoms with van der Waals surface area (Å²) in [7, 11) is 1.45. The van der Waals surface area contributed by atoms with Crippen molar-refractivity contribution in [3.63, 3.8) is 0 Å². The number of methoxy groups -OCH3 is 1. The fourth-order valence-corrected chi connectivity index (χ4v) is 1.31. The van der Waals surface area contributed by atoms with Crippen LogP contribution in [0.4, 0.5) is 17.6 Å². The average Bonchev–Trinajstić information content (AvgIpc) is 2.50. The summed E-state index contributed by atoms with van der Waals surface area (Å²) in [5.74, 6) is -5.33. The van der Waals surface area contributed by atoms with Gasteiger partial charge >= 0.3 is 18.3 Å². The Hall–Kier alpha value is -2.56. The topological polar surface area (TPSA) is 59.3 Å². The van der Waals surface area contributed by atoms with Crippen LogP contribution in [0.2, 0.25) is 0 Å². The van der Waals surface area contributed by atoms with E-state index in [-0.39, 0.29) is 0 Å². The molecular weight excluding hydrogens is 306 g/mol. The highest BCUT2D eigenvalue weighted by Crippen LogP contribution is 2.23. The highest BCUT2D eigenvalue weighted by atomic mass is 19.3. The van der Waals surface area contributed by atoms with Crippen molar-refractivity contribution in [2.45, 2.75) is 12.3 Å². The van der Waals surface area contributed by atoms with Crippen molar-refractivity contribution in [2.24, 2.45) is 0 Å². The highest BCUT2D eigenvalue weighted by Gasteiger charge is 2.42. The van der Waals surface area contributed by atoms with Crippen molar-refractivity contribution in [3.8, 4) is 11.8 Å². The third-order valence-electron chi connectivity index (χ3n) is 2.48. The zero-order chi connectivity index (χ0) is 16.8. The summed E-state index contributed by atoms with van der Waals surface area (Å²) in [6, 6.07) is 7.59. The molecule has 118 valence electrons. The lowest BCUT2D eigenvalue weighted by Crippen LogP contribution is -2.33. The van der Waals surface area contributed by atoms with Crippen LogP contribution in [0.15, 0.2) is 29.8 Å². The van der Waals surface area contributed by atoms with E-state index in [1.165, 1.54) is 25.3 Å². The summed E-state index contributed by atoms with van der Waals surface area (Å²) < 4.78 is 58.1. The van der Waals surface area contributed by atoms with Crippen molar-refractivity contribution < 1.29 is 31.8 Å². The van der Waals surface area contributed by atoms with Gasteiger partial charge in [-0.3, -0.25) is 0 Å². The second-order valence-corrected chi connectivity index (χ2v) is 4.08. The first-order chi connectivity index (χ1) is 10.3. The lowest BCUT2D eigenvalue weighted by atomic mass is 10.1. The third-order valence-corrected chi connectivity index (χ3v) is 2.48. The molecule has 4 nitrogen and oxygen atoms in total. The van der Waals surface area contributed by atoms with E-state index < -0.39 is 30.5 Å². The van der Waals surface area contributed by atoms with Crippen LogP contribution in [0.3, 0.4) is 0 Å². The molecule has 0 atom stereocenters. The van der Waals surface area contributed by atoms with Crippen LogP contribution in [0.25, 0.3) is 6.08 Å². The van der Waals surface area contributed by atoms with Crippen molar-refractivity contribution in [1.82, 2.24) is 0 Å². The van der Waals surface area contributed by atoms with Crippen LogP contribution in [0, 0.1) is 11.3 Å². The maximum absolute atomic E-state index is 12.6. The van der Waals surface area contributed by atoms with Crippen molar-refractivity contribution in [2.75, 3.05) is 13.7 Å². The smallest absolute Gasteiger partial charge is 0.349 e. The number of nitriles is 1. The molecule has 0 bridgehead atoms. The number of hydrogen-bond acceptors (Lipinski definition) is 4. The minimum atomic E-state index is -4.46. The molecule has 0 aliphatic heterocycles. The van der Waals surface area contributed by atoms with Gasteiger partial charge in [-0.15, -0.1) is 0 Å². The normalized spacial score (nSPS) is 12.0. The molecule has 0 spiro atoms. The fourth-order valence-electron chi connectivity index (χ4n) is 1.31. The number of ether oxygens (including phenoxy) is 2. The lowest BCUT2D eigenvalue weighted by molar-refractivity contribution is -0.176. The SMILES string of the molecule is COc1ccc(/C=C(\C#N)C(=O)OCC(F)(F)C(F)F)cc1. The number of esters is 1. The Balaban J connectivity index is 2.80. The molecule has 0 radical (unpaired) electrons. The third kappa shape index (κ3) is 4.77. The van der Waals surface area contributed by atoms with Gasteiger partial charge in [0, 0.05) is 0 Å². The van der Waals surface area contributed by atoms with Crippen LogP contribution in [-0.4, -0.2) is 32.0 Å². The summed E-state index contributed by atoms with van der Waals surface area (Å²) in [5.41, 5.74) is -0.176. The van der Waals surface area contributed by atoms with Gasteiger partial charge in [0.25, 0.3) is 0 Å². The Morgan fingerprint density at radius 3 is 2.41 bits per heavy atom. The van der Waals surface area contributed by atoms with Gasteiger partial charge < -0.3 is 9.47 Å². The average molecular weight is 317 g/mol. The van der Waals surface area contributed by atoms with E-state index in [9.17, 15) is 22.4 Å². The van der Waals surface area contributed by atoms with Gasteiger partial charge in [0.2, 0.25) is 0 Å². The molecule has 0 amide bonds. The van der Waals surface area contributed by atoms with E-state index >= 15 is 0 Å². The van der Waals surface area contributed by atoms with E-state index in [0.717, 1.165) is 6.08 Å². The van der Waals surface area contributed by atoms with Crippen LogP contribution in [-0.2, 0) is 9.53 Å². The molecule has 22 heavy (non-hydrogen) atoms. The van der Waals surface area contributed by atoms with Crippen molar-refractivity contribution in [3.05, 3.63) is 35.4 Å². The Morgan fingerprint density at radius 2 is 1.95 bits per heavy atom. The van der Waals surface area contributed by atoms with E-state index in [1.54, 1.807) is 12.1 Å². The molecule has 0 saturated heterocycles. The van der Waals surface area contributed by atoms with E-state index in [4.69, 9.17) is 10.00 Å². The van der Waals surface area contributed by atoms with Crippen molar-refractivity contribution >= 4 is 12.0 Å². The summed E-state index contributed by atoms with van der Waals surface area (Å²) in [4.78, 5) is 11.5. The maximum Gasteiger partial charge on any atom is 0.349 e. The molecule has 0 aliphatic rings. The van der Waals surface area contributed by atoms with Crippen LogP contribution < -0.4 is 4.74 Å². The number of alkyl halides is 4. The van der Waals surface area contributed by atoms with Crippen molar-refractivity contribution in [1.29, 1.82) is 5.26 Å². The number of hydrogen-bond donors (Lipinski definition) is 0. The Bertz CT molecular complexity index is 591. The Morgan fingerprint density at radius 1 is 1.36 bits per heavy atom. The zero-order valence-electron chi connectivity index (χ0n) is 11.4. The van der Waals surface area contributed by atoms with Gasteiger partial charge in [-0.1, -0.05) is 12.1 Å². The van der Waals surface area contributed by atoms with E-state index in [1.807, 2.05) is 0 Å². The van der Waals surface area contributed by atoms with E-state index in [2.05, 4.69) is 4.74 Å². The maximum atomic E-state index is 12.6. The molecule has 1 rings (SSSR count). The monoisotopic (exact) mass is 317 g/mol. The molecule has 1 aromatic carbocycles. The first-order valence-corrected chi connectivity index (χ1v) is 5.89. The number of carbonyl (C=O) groups excluding carboxylic acids is 1. The van der Waals surface area contributed by atoms with Crippen LogP contribution in [0.1, 0.15) is 5.56 Å². The highest BCUT2D eigenvalue weighted by molar-refractivity contribution is 5.97. The second kappa shape index (κ2) is 7.45. The molecule has 0 unspecified atom stereocenters. The molecule has 0 saturated carbocycles. The molecule has 0 N–H and O–H groups in total. The van der Waals surface area contributed by atoms with Gasteiger partial charge in [0.15, 0.2) is 6.61 Å². The van der Waals surface area contributed by atoms with Gasteiger partial charge in [-0.25, -0.2) is 13.6 Å². The fraction of sp³-hybridized carbons (Fsp3) is 0.286. The lowest BCUT2D eigenvalue weighted by Gasteiger charge is -2.14. The Kier molecular flexibility index (Phi) is 5.92. The number of rotatable bonds is 6. The number of benzene rings is 1. The predicted octanol–water partition coefficient (Wildman–Crippen LogP) is 3.05. The predicted molar refractivity (Wildman–Crippen MR) is 68.5 cm³/mol. The molecule has 0 aliphatic carbocycles.